The van der Waals surface area contributed by atoms with Crippen LogP contribution in [0, 0.1) is 34.5 Å². The van der Waals surface area contributed by atoms with Crippen LogP contribution in [0.15, 0.2) is 82.8 Å². The molecule has 3 aromatic carbocycles. The van der Waals surface area contributed by atoms with Crippen LogP contribution in [0.3, 0.4) is 0 Å². The van der Waals surface area contributed by atoms with Crippen LogP contribution >= 0.6 is 0 Å². The summed E-state index contributed by atoms with van der Waals surface area (Å²) in [6.07, 6.45) is 24.1. The summed E-state index contributed by atoms with van der Waals surface area (Å²) in [5.41, 5.74) is 14.8. The molecule has 7 N–H and O–H groups in total. The van der Waals surface area contributed by atoms with Crippen LogP contribution in [0.4, 0.5) is 0 Å². The van der Waals surface area contributed by atoms with Crippen molar-refractivity contribution in [3.8, 4) is 17.2 Å². The molecule has 0 spiro atoms. The van der Waals surface area contributed by atoms with Crippen LogP contribution in [-0.4, -0.2) is 58.2 Å². The molecule has 322 valence electrons. The summed E-state index contributed by atoms with van der Waals surface area (Å²) in [7, 11) is 0. The number of carbonyl (C=O) groups is 1. The highest BCUT2D eigenvalue weighted by molar-refractivity contribution is 5.84. The molecule has 4 aliphatic rings. The number of para-hydroxylation sites is 3. The summed E-state index contributed by atoms with van der Waals surface area (Å²) in [6.45, 7) is 9.96. The Balaban J connectivity index is 0.000000209. The molecular weight excluding hydrogens is 733 g/mol. The lowest BCUT2D eigenvalue weighted by atomic mass is 9.60. The number of carbonyl (C=O) groups excluding carboxylic acids is 1. The van der Waals surface area contributed by atoms with Crippen molar-refractivity contribution in [1.82, 2.24) is 0 Å². The lowest BCUT2D eigenvalue weighted by molar-refractivity contribution is 0.0522. The van der Waals surface area contributed by atoms with E-state index in [9.17, 15) is 15.0 Å². The number of aliphatic imine (C=N–C) groups is 2. The number of nitrogens with zero attached hydrogens (tertiary/aromatic N) is 2. The second-order valence-corrected chi connectivity index (χ2v) is 19.2. The standard InChI is InChI=1S/C29H38N2O2.C15H30N2.C7H6O2/c1-29(2,23-11-15-25(16-12-23)30-19-21-7-3-5-9-27(21)32)24-13-17-26(18-14-24)31-20-22-8-4-6-10-28(22)33;1-15(2,11-3-7-13(16)8-4-11)12-5-9-14(17)10-6-12;8-5-6-3-1-2-4-7(6)9/h3-10,19-20,23-26,32-33H,11-18H2,1-2H3;11-14H,3-10,16-17H2,1-2H3;1-5,9H. The molecule has 0 amide bonds. The predicted molar refractivity (Wildman–Crippen MR) is 244 cm³/mol. The fourth-order valence-electron chi connectivity index (χ4n) is 10.5. The van der Waals surface area contributed by atoms with E-state index in [1.54, 1.807) is 30.3 Å². The number of hydrogen-bond donors (Lipinski definition) is 5. The van der Waals surface area contributed by atoms with Crippen molar-refractivity contribution in [3.05, 3.63) is 89.5 Å². The summed E-state index contributed by atoms with van der Waals surface area (Å²) < 4.78 is 0. The Morgan fingerprint density at radius 2 is 0.729 bits per heavy atom. The molecule has 0 unspecified atom stereocenters. The van der Waals surface area contributed by atoms with Gasteiger partial charge >= 0.3 is 0 Å². The highest BCUT2D eigenvalue weighted by atomic mass is 16.3. The van der Waals surface area contributed by atoms with Crippen LogP contribution in [0.25, 0.3) is 0 Å². The van der Waals surface area contributed by atoms with E-state index in [2.05, 4.69) is 27.7 Å². The van der Waals surface area contributed by atoms with Gasteiger partial charge in [0.2, 0.25) is 0 Å². The normalized spacial score (nSPS) is 27.9. The van der Waals surface area contributed by atoms with Crippen LogP contribution in [-0.2, 0) is 0 Å². The summed E-state index contributed by atoms with van der Waals surface area (Å²) in [4.78, 5) is 19.6. The molecule has 0 aromatic heterocycles. The van der Waals surface area contributed by atoms with Gasteiger partial charge in [0.25, 0.3) is 0 Å². The van der Waals surface area contributed by atoms with Crippen LogP contribution < -0.4 is 11.5 Å². The third-order valence-corrected chi connectivity index (χ3v) is 14.9. The average Bonchev–Trinajstić information content (AvgIpc) is 3.24. The number of aromatic hydroxyl groups is 3. The van der Waals surface area contributed by atoms with Crippen molar-refractivity contribution in [2.24, 2.45) is 56.0 Å². The van der Waals surface area contributed by atoms with Gasteiger partial charge in [-0.3, -0.25) is 14.8 Å². The molecule has 4 fully saturated rings. The maximum Gasteiger partial charge on any atom is 0.153 e. The molecule has 0 radical (unpaired) electrons. The van der Waals surface area contributed by atoms with Gasteiger partial charge in [-0.2, -0.15) is 0 Å². The van der Waals surface area contributed by atoms with E-state index in [1.165, 1.54) is 83.1 Å². The fourth-order valence-corrected chi connectivity index (χ4v) is 10.5. The maximum absolute atomic E-state index is 10.1. The molecule has 0 bridgehead atoms. The predicted octanol–water partition coefficient (Wildman–Crippen LogP) is 11.0. The minimum atomic E-state index is 0.0347. The Morgan fingerprint density at radius 3 is 1.00 bits per heavy atom. The van der Waals surface area contributed by atoms with Gasteiger partial charge in [-0.15, -0.1) is 0 Å². The zero-order valence-electron chi connectivity index (χ0n) is 36.4. The number of aldehydes is 1. The van der Waals surface area contributed by atoms with Crippen molar-refractivity contribution >= 4 is 18.7 Å². The number of hydrogen-bond acceptors (Lipinski definition) is 8. The lowest BCUT2D eigenvalue weighted by Gasteiger charge is -2.46. The zero-order valence-corrected chi connectivity index (χ0v) is 36.4. The van der Waals surface area contributed by atoms with Crippen molar-refractivity contribution in [2.45, 2.75) is 155 Å². The Kier molecular flexibility index (Phi) is 17.2. The van der Waals surface area contributed by atoms with Gasteiger partial charge in [0.1, 0.15) is 17.2 Å². The first kappa shape index (κ1) is 46.1. The molecule has 4 aliphatic carbocycles. The van der Waals surface area contributed by atoms with Crippen LogP contribution in [0.5, 0.6) is 17.2 Å². The lowest BCUT2D eigenvalue weighted by Crippen LogP contribution is -2.40. The van der Waals surface area contributed by atoms with E-state index >= 15 is 0 Å². The first-order valence-electron chi connectivity index (χ1n) is 22.6. The quantitative estimate of drug-likeness (QED) is 0.107. The summed E-state index contributed by atoms with van der Waals surface area (Å²) in [6, 6.07) is 22.9. The average molecular weight is 807 g/mol. The Bertz CT molecular complexity index is 1670. The van der Waals surface area contributed by atoms with E-state index in [0.717, 1.165) is 60.5 Å². The smallest absolute Gasteiger partial charge is 0.153 e. The third-order valence-electron chi connectivity index (χ3n) is 14.9. The molecule has 0 saturated heterocycles. The van der Waals surface area contributed by atoms with Gasteiger partial charge in [0, 0.05) is 47.7 Å². The molecular formula is C51H74N4O4. The van der Waals surface area contributed by atoms with Crippen molar-refractivity contribution in [2.75, 3.05) is 0 Å². The van der Waals surface area contributed by atoms with E-state index in [4.69, 9.17) is 26.6 Å². The highest BCUT2D eigenvalue weighted by Gasteiger charge is 2.41. The van der Waals surface area contributed by atoms with Crippen LogP contribution in [0.1, 0.15) is 152 Å². The molecule has 59 heavy (non-hydrogen) atoms. The molecule has 0 aliphatic heterocycles. The SMILES string of the molecule is CC(C)(C1CCC(N)CC1)C1CCC(N)CC1.CC(C)(C1CCC(N=Cc2ccccc2O)CC1)C1CCC(N=Cc2ccccc2O)CC1.O=Cc1ccccc1O. The highest BCUT2D eigenvalue weighted by Crippen LogP contribution is 2.50. The second-order valence-electron chi connectivity index (χ2n) is 19.2. The van der Waals surface area contributed by atoms with E-state index in [0.29, 0.717) is 58.3 Å². The first-order chi connectivity index (χ1) is 28.3. The summed E-state index contributed by atoms with van der Waals surface area (Å²) in [5, 5.41) is 28.8. The first-order valence-corrected chi connectivity index (χ1v) is 22.6. The molecule has 0 atom stereocenters. The maximum atomic E-state index is 10.1. The van der Waals surface area contributed by atoms with Crippen molar-refractivity contribution in [3.63, 3.8) is 0 Å². The Hall–Kier alpha value is -4.01. The van der Waals surface area contributed by atoms with Gasteiger partial charge in [-0.25, -0.2) is 0 Å². The zero-order chi connectivity index (χ0) is 42.4. The number of benzene rings is 3. The minimum Gasteiger partial charge on any atom is -0.507 e. The minimum absolute atomic E-state index is 0.0347. The third kappa shape index (κ3) is 13.2. The summed E-state index contributed by atoms with van der Waals surface area (Å²) >= 11 is 0. The second kappa shape index (κ2) is 22.0. The molecule has 7 rings (SSSR count). The van der Waals surface area contributed by atoms with E-state index in [1.807, 2.05) is 48.8 Å². The van der Waals surface area contributed by atoms with Gasteiger partial charge in [-0.05, 0) is 174 Å². The number of phenolic OH excluding ortho intramolecular Hbond substituents is 3. The molecule has 4 saturated carbocycles. The van der Waals surface area contributed by atoms with Crippen LogP contribution in [0.2, 0.25) is 0 Å². The molecule has 8 heteroatoms. The summed E-state index contributed by atoms with van der Waals surface area (Å²) in [5.74, 6) is 3.92. The van der Waals surface area contributed by atoms with Crippen molar-refractivity contribution < 1.29 is 20.1 Å². The largest absolute Gasteiger partial charge is 0.507 e. The monoisotopic (exact) mass is 807 g/mol. The number of nitrogens with two attached hydrogens (primary N) is 2. The number of phenols is 3. The van der Waals surface area contributed by atoms with Crippen molar-refractivity contribution in [1.29, 1.82) is 0 Å². The molecule has 8 nitrogen and oxygen atoms in total. The topological polar surface area (TPSA) is 155 Å². The molecule has 0 heterocycles. The van der Waals surface area contributed by atoms with Gasteiger partial charge in [-0.1, -0.05) is 64.1 Å². The van der Waals surface area contributed by atoms with Gasteiger partial charge in [0.05, 0.1) is 5.56 Å². The Morgan fingerprint density at radius 1 is 0.458 bits per heavy atom. The van der Waals surface area contributed by atoms with E-state index in [-0.39, 0.29) is 5.75 Å². The number of rotatable bonds is 9. The van der Waals surface area contributed by atoms with Gasteiger partial charge < -0.3 is 26.8 Å². The fraction of sp³-hybridized carbons (Fsp3) is 0.588. The Labute approximate surface area is 355 Å². The van der Waals surface area contributed by atoms with E-state index < -0.39 is 0 Å². The van der Waals surface area contributed by atoms with Gasteiger partial charge in [0.15, 0.2) is 6.29 Å². The molecule has 3 aromatic rings.